The Hall–Kier alpha value is -3.40. The highest BCUT2D eigenvalue weighted by molar-refractivity contribution is 6.14. The lowest BCUT2D eigenvalue weighted by Crippen LogP contribution is -2.00. The van der Waals surface area contributed by atoms with Crippen molar-refractivity contribution in [1.82, 2.24) is 0 Å². The summed E-state index contributed by atoms with van der Waals surface area (Å²) < 4.78 is 25.5. The second kappa shape index (κ2) is 7.92. The topological polar surface area (TPSA) is 35.5 Å². The van der Waals surface area contributed by atoms with Gasteiger partial charge in [0.2, 0.25) is 5.78 Å². The van der Waals surface area contributed by atoms with Crippen LogP contribution in [0, 0.1) is 12.7 Å². The number of hydrogen-bond donors (Lipinski definition) is 0. The molecule has 0 atom stereocenters. The van der Waals surface area contributed by atoms with Crippen LogP contribution in [0.5, 0.6) is 11.5 Å². The fraction of sp³-hybridized carbons (Fsp3) is 0.160. The van der Waals surface area contributed by atoms with Gasteiger partial charge in [0.1, 0.15) is 23.9 Å². The Labute approximate surface area is 169 Å². The molecule has 3 aromatic rings. The monoisotopic (exact) mass is 388 g/mol. The van der Waals surface area contributed by atoms with Crippen LogP contribution in [0.3, 0.4) is 0 Å². The lowest BCUT2D eigenvalue weighted by atomic mass is 10.0. The molecule has 0 saturated carbocycles. The van der Waals surface area contributed by atoms with Gasteiger partial charge in [-0.1, -0.05) is 49.4 Å². The highest BCUT2D eigenvalue weighted by Crippen LogP contribution is 2.39. The zero-order valence-corrected chi connectivity index (χ0v) is 16.4. The summed E-state index contributed by atoms with van der Waals surface area (Å²) in [6.07, 6.45) is 2.72. The summed E-state index contributed by atoms with van der Waals surface area (Å²) in [4.78, 5) is 12.7. The number of carbonyl (C=O) groups excluding carboxylic acids is 1. The van der Waals surface area contributed by atoms with E-state index in [4.69, 9.17) is 9.47 Å². The second-order valence-electron chi connectivity index (χ2n) is 6.98. The Morgan fingerprint density at radius 3 is 2.52 bits per heavy atom. The molecule has 0 spiro atoms. The minimum atomic E-state index is -0.308. The Balaban J connectivity index is 1.56. The van der Waals surface area contributed by atoms with Gasteiger partial charge in [0.05, 0.1) is 5.56 Å². The maximum absolute atomic E-state index is 13.8. The average molecular weight is 388 g/mol. The molecule has 29 heavy (non-hydrogen) atoms. The Kier molecular flexibility index (Phi) is 5.17. The summed E-state index contributed by atoms with van der Waals surface area (Å²) in [6.45, 7) is 4.04. The van der Waals surface area contributed by atoms with Crippen LogP contribution in [0.2, 0.25) is 0 Å². The molecule has 0 saturated heterocycles. The van der Waals surface area contributed by atoms with Crippen molar-refractivity contribution < 1.29 is 18.7 Å². The number of benzene rings is 3. The van der Waals surface area contributed by atoms with Gasteiger partial charge in [-0.3, -0.25) is 4.79 Å². The van der Waals surface area contributed by atoms with E-state index in [2.05, 4.69) is 6.92 Å². The first kappa shape index (κ1) is 18.9. The van der Waals surface area contributed by atoms with Gasteiger partial charge in [-0.05, 0) is 48.7 Å². The normalized spacial score (nSPS) is 14.0. The van der Waals surface area contributed by atoms with Crippen LogP contribution in [0.25, 0.3) is 6.08 Å². The van der Waals surface area contributed by atoms with Gasteiger partial charge in [0.15, 0.2) is 5.76 Å². The van der Waals surface area contributed by atoms with E-state index in [9.17, 15) is 9.18 Å². The molecule has 0 aromatic heterocycles. The zero-order valence-electron chi connectivity index (χ0n) is 16.4. The summed E-state index contributed by atoms with van der Waals surface area (Å²) in [6, 6.07) is 18.0. The number of Topliss-reactive ketones (excluding diaryl/α,β-unsaturated/α-hetero) is 1. The van der Waals surface area contributed by atoms with E-state index in [1.807, 2.05) is 31.2 Å². The lowest BCUT2D eigenvalue weighted by Gasteiger charge is -2.12. The van der Waals surface area contributed by atoms with Crippen molar-refractivity contribution in [1.29, 1.82) is 0 Å². The minimum Gasteiger partial charge on any atom is -0.488 e. The summed E-state index contributed by atoms with van der Waals surface area (Å²) in [5.41, 5.74) is 3.85. The van der Waals surface area contributed by atoms with Crippen molar-refractivity contribution >= 4 is 11.9 Å². The quantitative estimate of drug-likeness (QED) is 0.511. The molecule has 0 N–H and O–H groups in total. The molecule has 0 unspecified atom stereocenters. The van der Waals surface area contributed by atoms with Gasteiger partial charge in [-0.25, -0.2) is 4.39 Å². The fourth-order valence-corrected chi connectivity index (χ4v) is 3.30. The molecule has 0 fully saturated rings. The lowest BCUT2D eigenvalue weighted by molar-refractivity contribution is 0.101. The number of ether oxygens (including phenoxy) is 2. The van der Waals surface area contributed by atoms with Crippen molar-refractivity contribution in [2.45, 2.75) is 26.9 Å². The van der Waals surface area contributed by atoms with Crippen LogP contribution >= 0.6 is 0 Å². The number of carbonyl (C=O) groups is 1. The fourth-order valence-electron chi connectivity index (χ4n) is 3.30. The maximum atomic E-state index is 13.8. The second-order valence-corrected chi connectivity index (χ2v) is 6.98. The first-order valence-corrected chi connectivity index (χ1v) is 9.60. The van der Waals surface area contributed by atoms with Gasteiger partial charge >= 0.3 is 0 Å². The first-order chi connectivity index (χ1) is 14.1. The highest BCUT2D eigenvalue weighted by atomic mass is 19.1. The van der Waals surface area contributed by atoms with E-state index < -0.39 is 0 Å². The first-order valence-electron chi connectivity index (χ1n) is 9.60. The zero-order chi connectivity index (χ0) is 20.4. The standard InChI is InChI=1S/C25H21FO3/c1-3-17-8-10-18(11-9-17)14-23-24(27)20-12-13-22(16(2)25(20)29-23)28-15-19-6-4-5-7-21(19)26/h4-14H,3,15H2,1-2H3/b23-14-. The predicted molar refractivity (Wildman–Crippen MR) is 111 cm³/mol. The average Bonchev–Trinajstić information content (AvgIpc) is 3.05. The predicted octanol–water partition coefficient (Wildman–Crippen LogP) is 5.89. The molecule has 0 amide bonds. The summed E-state index contributed by atoms with van der Waals surface area (Å²) in [7, 11) is 0. The third-order valence-corrected chi connectivity index (χ3v) is 5.06. The van der Waals surface area contributed by atoms with E-state index >= 15 is 0 Å². The molecule has 1 aliphatic heterocycles. The number of allylic oxidation sites excluding steroid dienone is 1. The maximum Gasteiger partial charge on any atom is 0.231 e. The molecule has 146 valence electrons. The van der Waals surface area contributed by atoms with Crippen LogP contribution in [0.4, 0.5) is 4.39 Å². The van der Waals surface area contributed by atoms with Gasteiger partial charge in [0, 0.05) is 11.1 Å². The SMILES string of the molecule is CCc1ccc(/C=C2\Oc3c(ccc(OCc4ccccc4F)c3C)C2=O)cc1. The number of fused-ring (bicyclic) bond motifs is 1. The largest absolute Gasteiger partial charge is 0.488 e. The van der Waals surface area contributed by atoms with Crippen LogP contribution in [-0.4, -0.2) is 5.78 Å². The van der Waals surface area contributed by atoms with Gasteiger partial charge in [-0.2, -0.15) is 0 Å². The van der Waals surface area contributed by atoms with Crippen LogP contribution in [0.1, 0.15) is 39.5 Å². The van der Waals surface area contributed by atoms with E-state index in [1.165, 1.54) is 11.6 Å². The van der Waals surface area contributed by atoms with Gasteiger partial charge in [0.25, 0.3) is 0 Å². The molecular formula is C25H21FO3. The number of hydrogen-bond acceptors (Lipinski definition) is 3. The smallest absolute Gasteiger partial charge is 0.231 e. The van der Waals surface area contributed by atoms with Crippen molar-refractivity contribution in [2.75, 3.05) is 0 Å². The molecular weight excluding hydrogens is 367 g/mol. The third-order valence-electron chi connectivity index (χ3n) is 5.06. The van der Waals surface area contributed by atoms with Crippen molar-refractivity contribution in [2.24, 2.45) is 0 Å². The molecule has 0 radical (unpaired) electrons. The minimum absolute atomic E-state index is 0.104. The number of halogens is 1. The van der Waals surface area contributed by atoms with E-state index in [-0.39, 0.29) is 18.2 Å². The van der Waals surface area contributed by atoms with Crippen LogP contribution in [-0.2, 0) is 13.0 Å². The van der Waals surface area contributed by atoms with Crippen LogP contribution < -0.4 is 9.47 Å². The van der Waals surface area contributed by atoms with Gasteiger partial charge < -0.3 is 9.47 Å². The van der Waals surface area contributed by atoms with Crippen molar-refractivity contribution in [3.05, 3.63) is 100 Å². The molecule has 1 heterocycles. The van der Waals surface area contributed by atoms with E-state index in [1.54, 1.807) is 36.4 Å². The summed E-state index contributed by atoms with van der Waals surface area (Å²) in [5.74, 6) is 0.893. The van der Waals surface area contributed by atoms with Crippen molar-refractivity contribution in [3.63, 3.8) is 0 Å². The summed E-state index contributed by atoms with van der Waals surface area (Å²) in [5, 5.41) is 0. The molecule has 4 rings (SSSR count). The van der Waals surface area contributed by atoms with E-state index in [0.717, 1.165) is 17.5 Å². The number of ketones is 1. The van der Waals surface area contributed by atoms with E-state index in [0.29, 0.717) is 28.4 Å². The third kappa shape index (κ3) is 3.79. The molecule has 3 nitrogen and oxygen atoms in total. The Bertz CT molecular complexity index is 1100. The molecule has 1 aliphatic rings. The Morgan fingerprint density at radius 1 is 1.03 bits per heavy atom. The van der Waals surface area contributed by atoms with Gasteiger partial charge in [-0.15, -0.1) is 0 Å². The molecule has 0 aliphatic carbocycles. The summed E-state index contributed by atoms with van der Waals surface area (Å²) >= 11 is 0. The molecule has 3 aromatic carbocycles. The van der Waals surface area contributed by atoms with Crippen LogP contribution in [0.15, 0.2) is 66.4 Å². The Morgan fingerprint density at radius 2 is 1.79 bits per heavy atom. The number of rotatable bonds is 5. The molecule has 4 heteroatoms. The highest BCUT2D eigenvalue weighted by Gasteiger charge is 2.30. The number of aryl methyl sites for hydroxylation is 1. The molecule has 0 bridgehead atoms. The van der Waals surface area contributed by atoms with Crippen molar-refractivity contribution in [3.8, 4) is 11.5 Å².